The Labute approximate surface area is 114 Å². The van der Waals surface area contributed by atoms with Crippen molar-refractivity contribution < 1.29 is 19.0 Å². The van der Waals surface area contributed by atoms with Gasteiger partial charge in [0, 0.05) is 12.5 Å². The molecule has 106 valence electrons. The van der Waals surface area contributed by atoms with Gasteiger partial charge >= 0.3 is 5.97 Å². The number of rotatable bonds is 8. The molecule has 0 saturated carbocycles. The molecule has 0 radical (unpaired) electrons. The maximum absolute atomic E-state index is 11.2. The van der Waals surface area contributed by atoms with Gasteiger partial charge in [-0.05, 0) is 37.5 Å². The van der Waals surface area contributed by atoms with E-state index in [1.165, 1.54) is 5.56 Å². The first-order chi connectivity index (χ1) is 9.19. The first-order valence-corrected chi connectivity index (χ1v) is 6.66. The van der Waals surface area contributed by atoms with Gasteiger partial charge in [0.1, 0.15) is 11.5 Å². The van der Waals surface area contributed by atoms with E-state index in [2.05, 4.69) is 6.92 Å². The van der Waals surface area contributed by atoms with Crippen LogP contribution in [0.4, 0.5) is 0 Å². The predicted molar refractivity (Wildman–Crippen MR) is 73.7 cm³/mol. The van der Waals surface area contributed by atoms with Gasteiger partial charge in [0.15, 0.2) is 0 Å². The van der Waals surface area contributed by atoms with Gasteiger partial charge in [-0.15, -0.1) is 0 Å². The predicted octanol–water partition coefficient (Wildman–Crippen LogP) is 2.98. The van der Waals surface area contributed by atoms with Crippen LogP contribution in [0.3, 0.4) is 0 Å². The summed E-state index contributed by atoms with van der Waals surface area (Å²) in [6, 6.07) is 5.84. The van der Waals surface area contributed by atoms with Gasteiger partial charge in [-0.25, -0.2) is 0 Å². The summed E-state index contributed by atoms with van der Waals surface area (Å²) in [4.78, 5) is 11.2. The van der Waals surface area contributed by atoms with Crippen molar-refractivity contribution in [2.24, 2.45) is 0 Å². The molecule has 19 heavy (non-hydrogen) atoms. The van der Waals surface area contributed by atoms with E-state index in [4.69, 9.17) is 14.2 Å². The lowest BCUT2D eigenvalue weighted by molar-refractivity contribution is -0.143. The van der Waals surface area contributed by atoms with Gasteiger partial charge in [-0.2, -0.15) is 0 Å². The number of hydrogen-bond donors (Lipinski definition) is 0. The zero-order valence-corrected chi connectivity index (χ0v) is 11.9. The van der Waals surface area contributed by atoms with Crippen molar-refractivity contribution in [2.45, 2.75) is 33.1 Å². The Kier molecular flexibility index (Phi) is 6.79. The van der Waals surface area contributed by atoms with Crippen LogP contribution >= 0.6 is 0 Å². The van der Waals surface area contributed by atoms with Crippen molar-refractivity contribution >= 4 is 5.97 Å². The molecular formula is C15H22O4. The van der Waals surface area contributed by atoms with Gasteiger partial charge in [0.2, 0.25) is 0 Å². The van der Waals surface area contributed by atoms with E-state index in [9.17, 15) is 4.79 Å². The average Bonchev–Trinajstić information content (AvgIpc) is 2.43. The Hall–Kier alpha value is -1.71. The third-order valence-electron chi connectivity index (χ3n) is 2.68. The summed E-state index contributed by atoms with van der Waals surface area (Å²) in [5.74, 6) is 1.39. The van der Waals surface area contributed by atoms with E-state index in [-0.39, 0.29) is 5.97 Å². The monoisotopic (exact) mass is 266 g/mol. The van der Waals surface area contributed by atoms with Crippen LogP contribution in [0, 0.1) is 0 Å². The maximum Gasteiger partial charge on any atom is 0.305 e. The molecule has 1 rings (SSSR count). The molecule has 1 aromatic rings. The highest BCUT2D eigenvalue weighted by atomic mass is 16.5. The molecule has 0 atom stereocenters. The summed E-state index contributed by atoms with van der Waals surface area (Å²) in [5.41, 5.74) is 1.17. The summed E-state index contributed by atoms with van der Waals surface area (Å²) in [6.45, 7) is 4.81. The van der Waals surface area contributed by atoms with Crippen LogP contribution in [0.2, 0.25) is 0 Å². The normalized spacial score (nSPS) is 10.1. The van der Waals surface area contributed by atoms with Crippen LogP contribution in [0.5, 0.6) is 11.5 Å². The van der Waals surface area contributed by atoms with E-state index in [0.29, 0.717) is 26.1 Å². The molecule has 0 saturated heterocycles. The molecule has 0 aliphatic carbocycles. The van der Waals surface area contributed by atoms with Crippen LogP contribution in [0.15, 0.2) is 18.2 Å². The fourth-order valence-electron chi connectivity index (χ4n) is 1.68. The third kappa shape index (κ3) is 5.64. The Balaban J connectivity index is 2.42. The number of benzene rings is 1. The summed E-state index contributed by atoms with van der Waals surface area (Å²) in [7, 11) is 1.64. The number of esters is 1. The number of ether oxygens (including phenoxy) is 3. The van der Waals surface area contributed by atoms with Crippen molar-refractivity contribution in [3.8, 4) is 11.5 Å². The number of hydrogen-bond acceptors (Lipinski definition) is 4. The molecule has 4 heteroatoms. The highest BCUT2D eigenvalue weighted by Gasteiger charge is 2.04. The van der Waals surface area contributed by atoms with Crippen LogP contribution < -0.4 is 9.47 Å². The minimum absolute atomic E-state index is 0.175. The molecule has 0 fully saturated rings. The lowest BCUT2D eigenvalue weighted by atomic mass is 10.1. The van der Waals surface area contributed by atoms with Crippen molar-refractivity contribution in [3.05, 3.63) is 23.8 Å². The molecule has 0 amide bonds. The van der Waals surface area contributed by atoms with Crippen molar-refractivity contribution in [3.63, 3.8) is 0 Å². The average molecular weight is 266 g/mol. The molecule has 0 unspecified atom stereocenters. The Morgan fingerprint density at radius 2 is 1.89 bits per heavy atom. The van der Waals surface area contributed by atoms with Gasteiger partial charge in [-0.3, -0.25) is 4.79 Å². The zero-order valence-electron chi connectivity index (χ0n) is 11.9. The van der Waals surface area contributed by atoms with Gasteiger partial charge < -0.3 is 14.2 Å². The standard InChI is InChI=1S/C15H22O4/c1-4-12-9-13(17-3)11-14(10-12)19-8-6-7-15(16)18-5-2/h9-11H,4-8H2,1-3H3. The molecule has 0 aliphatic heterocycles. The quantitative estimate of drug-likeness (QED) is 0.536. The summed E-state index contributed by atoms with van der Waals surface area (Å²) in [6.07, 6.45) is 1.96. The van der Waals surface area contributed by atoms with E-state index in [1.54, 1.807) is 14.0 Å². The van der Waals surface area contributed by atoms with E-state index in [0.717, 1.165) is 17.9 Å². The van der Waals surface area contributed by atoms with Gasteiger partial charge in [0.05, 0.1) is 20.3 Å². The van der Waals surface area contributed by atoms with Crippen molar-refractivity contribution in [1.82, 2.24) is 0 Å². The fraction of sp³-hybridized carbons (Fsp3) is 0.533. The summed E-state index contributed by atoms with van der Waals surface area (Å²) in [5, 5.41) is 0. The van der Waals surface area contributed by atoms with Crippen LogP contribution in [0.25, 0.3) is 0 Å². The van der Waals surface area contributed by atoms with Crippen LogP contribution in [0.1, 0.15) is 32.3 Å². The summed E-state index contributed by atoms with van der Waals surface area (Å²) < 4.78 is 15.7. The van der Waals surface area contributed by atoms with Crippen molar-refractivity contribution in [1.29, 1.82) is 0 Å². The fourth-order valence-corrected chi connectivity index (χ4v) is 1.68. The molecule has 0 heterocycles. The second-order valence-electron chi connectivity index (χ2n) is 4.13. The highest BCUT2D eigenvalue weighted by Crippen LogP contribution is 2.23. The molecule has 0 aliphatic rings. The molecule has 1 aromatic carbocycles. The topological polar surface area (TPSA) is 44.8 Å². The van der Waals surface area contributed by atoms with Gasteiger partial charge in [0.25, 0.3) is 0 Å². The number of methoxy groups -OCH3 is 1. The minimum Gasteiger partial charge on any atom is -0.497 e. The zero-order chi connectivity index (χ0) is 14.1. The largest absolute Gasteiger partial charge is 0.497 e. The van der Waals surface area contributed by atoms with Crippen LogP contribution in [-0.2, 0) is 16.0 Å². The van der Waals surface area contributed by atoms with E-state index in [1.807, 2.05) is 18.2 Å². The second kappa shape index (κ2) is 8.40. The number of aryl methyl sites for hydroxylation is 1. The summed E-state index contributed by atoms with van der Waals surface area (Å²) >= 11 is 0. The van der Waals surface area contributed by atoms with Gasteiger partial charge in [-0.1, -0.05) is 6.92 Å². The molecule has 0 spiro atoms. The lowest BCUT2D eigenvalue weighted by Gasteiger charge is -2.10. The number of carbonyl (C=O) groups is 1. The molecule has 4 nitrogen and oxygen atoms in total. The molecular weight excluding hydrogens is 244 g/mol. The smallest absolute Gasteiger partial charge is 0.305 e. The lowest BCUT2D eigenvalue weighted by Crippen LogP contribution is -2.06. The number of carbonyl (C=O) groups excluding carboxylic acids is 1. The Bertz CT molecular complexity index is 379. The molecule has 0 aromatic heterocycles. The minimum atomic E-state index is -0.175. The SMILES string of the molecule is CCOC(=O)CCCOc1cc(CC)cc(OC)c1. The van der Waals surface area contributed by atoms with E-state index < -0.39 is 0 Å². The Morgan fingerprint density at radius 1 is 1.16 bits per heavy atom. The molecule has 0 bridgehead atoms. The second-order valence-corrected chi connectivity index (χ2v) is 4.13. The maximum atomic E-state index is 11.2. The molecule has 0 N–H and O–H groups in total. The van der Waals surface area contributed by atoms with Crippen LogP contribution in [-0.4, -0.2) is 26.3 Å². The Morgan fingerprint density at radius 3 is 2.53 bits per heavy atom. The van der Waals surface area contributed by atoms with Crippen molar-refractivity contribution in [2.75, 3.05) is 20.3 Å². The first-order valence-electron chi connectivity index (χ1n) is 6.66. The highest BCUT2D eigenvalue weighted by molar-refractivity contribution is 5.69. The third-order valence-corrected chi connectivity index (χ3v) is 2.68. The first kappa shape index (κ1) is 15.3. The van der Waals surface area contributed by atoms with E-state index >= 15 is 0 Å².